The van der Waals surface area contributed by atoms with Crippen LogP contribution in [0.4, 0.5) is 0 Å². The summed E-state index contributed by atoms with van der Waals surface area (Å²) in [6.45, 7) is 14.7. The Morgan fingerprint density at radius 1 is 1.27 bits per heavy atom. The van der Waals surface area contributed by atoms with Gasteiger partial charge >= 0.3 is 0 Å². The van der Waals surface area contributed by atoms with Gasteiger partial charge in [0.1, 0.15) is 0 Å². The molecule has 0 radical (unpaired) electrons. The van der Waals surface area contributed by atoms with Crippen molar-refractivity contribution >= 4 is 17.5 Å². The van der Waals surface area contributed by atoms with Crippen LogP contribution in [0.25, 0.3) is 0 Å². The van der Waals surface area contributed by atoms with Crippen LogP contribution in [0.2, 0.25) is 0 Å². The molecule has 0 N–H and O–H groups in total. The number of carbonyl (C=O) groups is 1. The van der Waals surface area contributed by atoms with E-state index in [0.717, 1.165) is 12.2 Å². The molecule has 0 saturated heterocycles. The summed E-state index contributed by atoms with van der Waals surface area (Å²) in [7, 11) is 0. The molecule has 0 aromatic heterocycles. The molecule has 1 aromatic carbocycles. The van der Waals surface area contributed by atoms with Crippen LogP contribution in [0, 0.1) is 25.7 Å². The van der Waals surface area contributed by atoms with E-state index in [4.69, 9.17) is 0 Å². The zero-order chi connectivity index (χ0) is 19.5. The van der Waals surface area contributed by atoms with Gasteiger partial charge in [-0.25, -0.2) is 0 Å². The fourth-order valence-corrected chi connectivity index (χ4v) is 3.91. The molecule has 1 nitrogen and oxygen atoms in total. The number of ketones is 1. The third-order valence-corrected chi connectivity index (χ3v) is 5.85. The molecular weight excluding hydrogens is 336 g/mol. The lowest BCUT2D eigenvalue weighted by Crippen LogP contribution is -2.02. The smallest absolute Gasteiger partial charge is 0.185 e. The second-order valence-corrected chi connectivity index (χ2v) is 8.34. The lowest BCUT2D eigenvalue weighted by atomic mass is 10.0. The maximum atomic E-state index is 12.4. The van der Waals surface area contributed by atoms with E-state index < -0.39 is 0 Å². The number of benzene rings is 1. The van der Waals surface area contributed by atoms with Crippen molar-refractivity contribution in [1.29, 1.82) is 0 Å². The Kier molecular flexibility index (Phi) is 10.3. The van der Waals surface area contributed by atoms with Crippen LogP contribution in [0.15, 0.2) is 59.6 Å². The zero-order valence-electron chi connectivity index (χ0n) is 17.0. The number of hydrogen-bond donors (Lipinski definition) is 0. The van der Waals surface area contributed by atoms with Gasteiger partial charge < -0.3 is 0 Å². The summed E-state index contributed by atoms with van der Waals surface area (Å²) in [5.74, 6) is 1.95. The van der Waals surface area contributed by atoms with Gasteiger partial charge in [-0.3, -0.25) is 4.79 Å². The lowest BCUT2D eigenvalue weighted by molar-refractivity contribution is -0.111. The van der Waals surface area contributed by atoms with E-state index >= 15 is 0 Å². The van der Waals surface area contributed by atoms with E-state index in [1.54, 1.807) is 12.2 Å². The Balaban J connectivity index is 2.63. The normalized spacial score (nSPS) is 14.4. The van der Waals surface area contributed by atoms with Gasteiger partial charge in [-0.1, -0.05) is 76.1 Å². The van der Waals surface area contributed by atoms with Gasteiger partial charge in [-0.2, -0.15) is 0 Å². The van der Waals surface area contributed by atoms with Crippen LogP contribution in [-0.2, 0) is 4.79 Å². The number of carbonyl (C=O) groups excluding carboxylic acids is 1. The Labute approximate surface area is 164 Å². The van der Waals surface area contributed by atoms with Crippen molar-refractivity contribution in [3.63, 3.8) is 0 Å². The molecule has 0 fully saturated rings. The molecule has 0 aliphatic heterocycles. The van der Waals surface area contributed by atoms with Gasteiger partial charge in [0, 0.05) is 16.2 Å². The highest BCUT2D eigenvalue weighted by Crippen LogP contribution is 2.26. The third kappa shape index (κ3) is 8.23. The first kappa shape index (κ1) is 22.5. The molecule has 0 saturated carbocycles. The maximum Gasteiger partial charge on any atom is 0.185 e. The highest BCUT2D eigenvalue weighted by molar-refractivity contribution is 7.99. The van der Waals surface area contributed by atoms with Gasteiger partial charge in [-0.15, -0.1) is 11.8 Å². The fraction of sp³-hybridized carbons (Fsp3) is 0.458. The number of rotatable bonds is 11. The number of allylic oxidation sites excluding steroid dienone is 5. The van der Waals surface area contributed by atoms with Crippen LogP contribution >= 0.6 is 11.8 Å². The minimum absolute atomic E-state index is 0.0623. The van der Waals surface area contributed by atoms with E-state index in [0.29, 0.717) is 17.4 Å². The van der Waals surface area contributed by atoms with Gasteiger partial charge in [0.25, 0.3) is 0 Å². The Morgan fingerprint density at radius 2 is 2.00 bits per heavy atom. The summed E-state index contributed by atoms with van der Waals surface area (Å²) < 4.78 is 0. The quantitative estimate of drug-likeness (QED) is 0.235. The molecular formula is C24H34OS. The monoisotopic (exact) mass is 370 g/mol. The first-order chi connectivity index (χ1) is 12.4. The van der Waals surface area contributed by atoms with Crippen molar-refractivity contribution in [3.05, 3.63) is 65.8 Å². The predicted molar refractivity (Wildman–Crippen MR) is 117 cm³/mol. The second kappa shape index (κ2) is 12.0. The molecule has 142 valence electrons. The van der Waals surface area contributed by atoms with Crippen LogP contribution in [-0.4, -0.2) is 11.5 Å². The summed E-state index contributed by atoms with van der Waals surface area (Å²) in [5.41, 5.74) is 3.30. The Morgan fingerprint density at radius 3 is 2.65 bits per heavy atom. The third-order valence-electron chi connectivity index (χ3n) is 4.40. The fourth-order valence-electron chi connectivity index (χ4n) is 2.80. The van der Waals surface area contributed by atoms with Crippen molar-refractivity contribution in [2.45, 2.75) is 58.8 Å². The van der Waals surface area contributed by atoms with Crippen molar-refractivity contribution in [2.24, 2.45) is 11.8 Å². The van der Waals surface area contributed by atoms with E-state index in [2.05, 4.69) is 59.4 Å². The van der Waals surface area contributed by atoms with Gasteiger partial charge in [0.05, 0.1) is 0 Å². The second-order valence-electron chi connectivity index (χ2n) is 7.28. The van der Waals surface area contributed by atoms with Crippen molar-refractivity contribution in [3.8, 4) is 0 Å². The molecule has 1 rings (SSSR count). The van der Waals surface area contributed by atoms with Crippen LogP contribution in [0.5, 0.6) is 0 Å². The first-order valence-corrected chi connectivity index (χ1v) is 10.6. The highest BCUT2D eigenvalue weighted by Gasteiger charge is 2.08. The molecule has 2 atom stereocenters. The topological polar surface area (TPSA) is 17.1 Å². The number of aryl methyl sites for hydroxylation is 2. The molecule has 2 heteroatoms. The Bertz CT molecular complexity index is 654. The average Bonchev–Trinajstić information content (AvgIpc) is 2.60. The summed E-state index contributed by atoms with van der Waals surface area (Å²) >= 11 is 1.85. The van der Waals surface area contributed by atoms with Crippen molar-refractivity contribution in [1.82, 2.24) is 0 Å². The van der Waals surface area contributed by atoms with E-state index in [1.165, 1.54) is 28.9 Å². The summed E-state index contributed by atoms with van der Waals surface area (Å²) in [5, 5.41) is 0. The van der Waals surface area contributed by atoms with Gasteiger partial charge in [0.2, 0.25) is 0 Å². The summed E-state index contributed by atoms with van der Waals surface area (Å²) in [6.07, 6.45) is 10.8. The SMILES string of the molecule is C=C/C(=C\C(C)CSc1cc(C)ccc1C)C(=O)/C=C/CC(C)CCC. The molecule has 2 unspecified atom stereocenters. The van der Waals surface area contributed by atoms with Crippen molar-refractivity contribution in [2.75, 3.05) is 5.75 Å². The van der Waals surface area contributed by atoms with E-state index in [1.807, 2.05) is 23.9 Å². The van der Waals surface area contributed by atoms with E-state index in [9.17, 15) is 4.79 Å². The molecule has 0 amide bonds. The van der Waals surface area contributed by atoms with Gasteiger partial charge in [0.15, 0.2) is 5.78 Å². The summed E-state index contributed by atoms with van der Waals surface area (Å²) in [6, 6.07) is 6.54. The largest absolute Gasteiger partial charge is 0.289 e. The van der Waals surface area contributed by atoms with Gasteiger partial charge in [-0.05, 0) is 49.8 Å². The standard InChI is InChI=1S/C24H34OS/c1-7-10-18(3)11-9-12-23(25)22(8-2)15-20(5)17-26-24-16-19(4)13-14-21(24)6/h8-9,12-16,18,20H,2,7,10-11,17H2,1,3-6H3/b12-9+,22-15+. The molecule has 26 heavy (non-hydrogen) atoms. The van der Waals surface area contributed by atoms with E-state index in [-0.39, 0.29) is 5.78 Å². The zero-order valence-corrected chi connectivity index (χ0v) is 17.9. The Hall–Kier alpha value is -1.54. The van der Waals surface area contributed by atoms with Crippen LogP contribution in [0.1, 0.15) is 51.2 Å². The maximum absolute atomic E-state index is 12.4. The molecule has 0 bridgehead atoms. The lowest BCUT2D eigenvalue weighted by Gasteiger charge is -2.10. The molecule has 0 aliphatic carbocycles. The number of thioether (sulfide) groups is 1. The minimum Gasteiger partial charge on any atom is -0.289 e. The highest BCUT2D eigenvalue weighted by atomic mass is 32.2. The van der Waals surface area contributed by atoms with Crippen molar-refractivity contribution < 1.29 is 4.79 Å². The minimum atomic E-state index is 0.0623. The number of hydrogen-bond acceptors (Lipinski definition) is 2. The average molecular weight is 371 g/mol. The summed E-state index contributed by atoms with van der Waals surface area (Å²) in [4.78, 5) is 13.7. The first-order valence-electron chi connectivity index (χ1n) is 9.62. The molecule has 0 heterocycles. The van der Waals surface area contributed by atoms with Crippen LogP contribution < -0.4 is 0 Å². The molecule has 0 aliphatic rings. The molecule has 1 aromatic rings. The van der Waals surface area contributed by atoms with Crippen LogP contribution in [0.3, 0.4) is 0 Å². The molecule has 0 spiro atoms. The predicted octanol–water partition coefficient (Wildman–Crippen LogP) is 7.10.